The van der Waals surface area contributed by atoms with Gasteiger partial charge in [-0.15, -0.1) is 11.3 Å². The van der Waals surface area contributed by atoms with Crippen molar-refractivity contribution >= 4 is 46.1 Å². The van der Waals surface area contributed by atoms with Crippen LogP contribution in [0.15, 0.2) is 30.3 Å². The van der Waals surface area contributed by atoms with Crippen LogP contribution in [-0.4, -0.2) is 10.8 Å². The van der Waals surface area contributed by atoms with Gasteiger partial charge in [0.05, 0.1) is 15.3 Å². The molecule has 8 heteroatoms. The van der Waals surface area contributed by atoms with Gasteiger partial charge in [0.15, 0.2) is 0 Å². The summed E-state index contributed by atoms with van der Waals surface area (Å²) in [4.78, 5) is 23.4. The van der Waals surface area contributed by atoms with Gasteiger partial charge < -0.3 is 5.32 Å². The molecule has 2 rings (SSSR count). The Morgan fingerprint density at radius 1 is 1.33 bits per heavy atom. The highest BCUT2D eigenvalue weighted by Gasteiger charge is 2.22. The lowest BCUT2D eigenvalue weighted by Crippen LogP contribution is -2.26. The summed E-state index contributed by atoms with van der Waals surface area (Å²) in [7, 11) is 0. The van der Waals surface area contributed by atoms with Gasteiger partial charge in [-0.05, 0) is 31.2 Å². The third-order valence-electron chi connectivity index (χ3n) is 2.77. The number of carbonyl (C=O) groups excluding carboxylic acids is 1. The molecule has 0 aliphatic rings. The molecule has 5 nitrogen and oxygen atoms in total. The molecule has 0 aliphatic heterocycles. The van der Waals surface area contributed by atoms with E-state index in [-0.39, 0.29) is 22.3 Å². The molecule has 1 aromatic carbocycles. The van der Waals surface area contributed by atoms with E-state index in [1.165, 1.54) is 29.5 Å². The van der Waals surface area contributed by atoms with Crippen molar-refractivity contribution in [1.29, 1.82) is 0 Å². The second-order valence-electron chi connectivity index (χ2n) is 4.26. The number of thiophene rings is 1. The second kappa shape index (κ2) is 6.43. The van der Waals surface area contributed by atoms with E-state index in [0.717, 1.165) is 4.88 Å². The highest BCUT2D eigenvalue weighted by Crippen LogP contribution is 2.28. The maximum absolute atomic E-state index is 12.2. The van der Waals surface area contributed by atoms with Gasteiger partial charge in [-0.1, -0.05) is 23.2 Å². The molecule has 1 amide bonds. The van der Waals surface area contributed by atoms with Crippen molar-refractivity contribution in [3.05, 3.63) is 60.2 Å². The van der Waals surface area contributed by atoms with Gasteiger partial charge >= 0.3 is 0 Å². The fraction of sp³-hybridized carbons (Fsp3) is 0.154. The summed E-state index contributed by atoms with van der Waals surface area (Å²) in [6, 6.07) is 7.08. The third kappa shape index (κ3) is 3.72. The molecule has 0 radical (unpaired) electrons. The van der Waals surface area contributed by atoms with Crippen molar-refractivity contribution in [3.63, 3.8) is 0 Å². The van der Waals surface area contributed by atoms with Crippen molar-refractivity contribution in [2.45, 2.75) is 13.0 Å². The van der Waals surface area contributed by atoms with Gasteiger partial charge in [0.25, 0.3) is 11.6 Å². The predicted molar refractivity (Wildman–Crippen MR) is 83.3 cm³/mol. The van der Waals surface area contributed by atoms with Gasteiger partial charge in [0.1, 0.15) is 5.56 Å². The first-order valence-corrected chi connectivity index (χ1v) is 7.45. The number of carbonyl (C=O) groups is 1. The standard InChI is InChI=1S/C13H10Cl2N2O3S/c1-7(11-4-5-12(15)21-11)16-13(18)9-6-8(14)2-3-10(9)17(19)20/h2-7H,1H3,(H,16,18). The number of nitrogens with zero attached hydrogens (tertiary/aromatic N) is 1. The molecular formula is C13H10Cl2N2O3S. The molecule has 0 fully saturated rings. The van der Waals surface area contributed by atoms with Crippen LogP contribution in [0.2, 0.25) is 9.36 Å². The Balaban J connectivity index is 2.24. The molecule has 0 spiro atoms. The van der Waals surface area contributed by atoms with Crippen molar-refractivity contribution in [2.24, 2.45) is 0 Å². The van der Waals surface area contributed by atoms with Gasteiger partial charge in [0, 0.05) is 16.0 Å². The molecule has 0 aliphatic carbocycles. The van der Waals surface area contributed by atoms with Crippen LogP contribution in [0.25, 0.3) is 0 Å². The second-order valence-corrected chi connectivity index (χ2v) is 6.44. The zero-order valence-electron chi connectivity index (χ0n) is 10.8. The smallest absolute Gasteiger partial charge is 0.282 e. The Morgan fingerprint density at radius 3 is 2.62 bits per heavy atom. The Hall–Kier alpha value is -1.63. The molecule has 1 heterocycles. The summed E-state index contributed by atoms with van der Waals surface area (Å²) in [5.74, 6) is -0.554. The summed E-state index contributed by atoms with van der Waals surface area (Å²) in [6.07, 6.45) is 0. The molecule has 1 N–H and O–H groups in total. The van der Waals surface area contributed by atoms with E-state index in [2.05, 4.69) is 5.32 Å². The minimum Gasteiger partial charge on any atom is -0.344 e. The first-order chi connectivity index (χ1) is 9.88. The zero-order chi connectivity index (χ0) is 15.6. The summed E-state index contributed by atoms with van der Waals surface area (Å²) >= 11 is 13.0. The SMILES string of the molecule is CC(NC(=O)c1cc(Cl)ccc1[N+](=O)[O-])c1ccc(Cl)s1. The monoisotopic (exact) mass is 344 g/mol. The Labute approximate surface area is 134 Å². The van der Waals surface area contributed by atoms with Gasteiger partial charge in [-0.25, -0.2) is 0 Å². The van der Waals surface area contributed by atoms with Crippen LogP contribution in [-0.2, 0) is 0 Å². The molecule has 2 aromatic rings. The van der Waals surface area contributed by atoms with Crippen LogP contribution < -0.4 is 5.32 Å². The number of nitro benzene ring substituents is 1. The van der Waals surface area contributed by atoms with Gasteiger partial charge in [-0.3, -0.25) is 14.9 Å². The number of nitro groups is 1. The van der Waals surface area contributed by atoms with Crippen LogP contribution >= 0.6 is 34.5 Å². The average molecular weight is 345 g/mol. The normalized spacial score (nSPS) is 12.0. The average Bonchev–Trinajstić information content (AvgIpc) is 2.85. The Morgan fingerprint density at radius 2 is 2.05 bits per heavy atom. The minimum atomic E-state index is -0.613. The predicted octanol–water partition coefficient (Wildman–Crippen LogP) is 4.45. The highest BCUT2D eigenvalue weighted by atomic mass is 35.5. The number of rotatable bonds is 4. The molecule has 1 aromatic heterocycles. The van der Waals surface area contributed by atoms with Crippen LogP contribution in [0.3, 0.4) is 0 Å². The summed E-state index contributed by atoms with van der Waals surface area (Å²) in [5, 5.41) is 13.9. The van der Waals surface area contributed by atoms with E-state index in [9.17, 15) is 14.9 Å². The number of hydrogen-bond donors (Lipinski definition) is 1. The van der Waals surface area contributed by atoms with Crippen molar-refractivity contribution in [2.75, 3.05) is 0 Å². The van der Waals surface area contributed by atoms with E-state index in [1.807, 2.05) is 0 Å². The van der Waals surface area contributed by atoms with E-state index in [4.69, 9.17) is 23.2 Å². The molecule has 1 atom stereocenters. The van der Waals surface area contributed by atoms with E-state index in [1.54, 1.807) is 19.1 Å². The molecule has 21 heavy (non-hydrogen) atoms. The van der Waals surface area contributed by atoms with Gasteiger partial charge in [0.2, 0.25) is 0 Å². The van der Waals surface area contributed by atoms with E-state index < -0.39 is 10.8 Å². The van der Waals surface area contributed by atoms with Crippen LogP contribution in [0.5, 0.6) is 0 Å². The van der Waals surface area contributed by atoms with Crippen LogP contribution in [0.1, 0.15) is 28.2 Å². The lowest BCUT2D eigenvalue weighted by molar-refractivity contribution is -0.385. The van der Waals surface area contributed by atoms with Crippen molar-refractivity contribution < 1.29 is 9.72 Å². The molecular weight excluding hydrogens is 335 g/mol. The maximum atomic E-state index is 12.2. The first kappa shape index (κ1) is 15.8. The van der Waals surface area contributed by atoms with Crippen molar-refractivity contribution in [1.82, 2.24) is 5.32 Å². The largest absolute Gasteiger partial charge is 0.344 e. The first-order valence-electron chi connectivity index (χ1n) is 5.88. The Kier molecular flexibility index (Phi) is 4.82. The van der Waals surface area contributed by atoms with E-state index >= 15 is 0 Å². The molecule has 0 saturated carbocycles. The van der Waals surface area contributed by atoms with E-state index in [0.29, 0.717) is 4.34 Å². The molecule has 0 bridgehead atoms. The number of nitrogens with one attached hydrogen (secondary N) is 1. The molecule has 1 unspecified atom stereocenters. The van der Waals surface area contributed by atoms with Gasteiger partial charge in [-0.2, -0.15) is 0 Å². The highest BCUT2D eigenvalue weighted by molar-refractivity contribution is 7.16. The zero-order valence-corrected chi connectivity index (χ0v) is 13.1. The van der Waals surface area contributed by atoms with Crippen LogP contribution in [0.4, 0.5) is 5.69 Å². The summed E-state index contributed by atoms with van der Waals surface area (Å²) < 4.78 is 0.611. The maximum Gasteiger partial charge on any atom is 0.282 e. The summed E-state index contributed by atoms with van der Waals surface area (Å²) in [6.45, 7) is 1.77. The number of halogens is 2. The number of hydrogen-bond acceptors (Lipinski definition) is 4. The number of benzene rings is 1. The Bertz CT molecular complexity index is 702. The number of amides is 1. The van der Waals surface area contributed by atoms with Crippen LogP contribution in [0, 0.1) is 10.1 Å². The minimum absolute atomic E-state index is 0.0676. The lowest BCUT2D eigenvalue weighted by Gasteiger charge is -2.12. The molecule has 0 saturated heterocycles. The fourth-order valence-corrected chi connectivity index (χ4v) is 2.99. The fourth-order valence-electron chi connectivity index (χ4n) is 1.76. The molecule has 110 valence electrons. The lowest BCUT2D eigenvalue weighted by atomic mass is 10.1. The topological polar surface area (TPSA) is 72.2 Å². The third-order valence-corrected chi connectivity index (χ3v) is 4.42. The quantitative estimate of drug-likeness (QED) is 0.657. The van der Waals surface area contributed by atoms with Crippen molar-refractivity contribution in [3.8, 4) is 0 Å². The summed E-state index contributed by atoms with van der Waals surface area (Å²) in [5.41, 5.74) is -0.352.